The van der Waals surface area contributed by atoms with E-state index in [-0.39, 0.29) is 18.1 Å². The monoisotopic (exact) mass is 423 g/mol. The highest BCUT2D eigenvalue weighted by molar-refractivity contribution is 5.76. The normalized spacial score (nSPS) is 21.9. The van der Waals surface area contributed by atoms with Crippen molar-refractivity contribution in [3.8, 4) is 5.75 Å². The second-order valence-corrected chi connectivity index (χ2v) is 8.75. The summed E-state index contributed by atoms with van der Waals surface area (Å²) in [5.41, 5.74) is 3.58. The molecule has 0 radical (unpaired) electrons. The molecule has 3 heterocycles. The molecule has 2 aliphatic rings. The standard InChI is InChI=1S/C25H33N3O3/c1-18-14-21-15-19(8-9-23(21)31-18)16-28-12-5-6-20(17-28)25(22-7-3-4-11-26-22)27-24(29)10-13-30-2/h3-4,7-9,11,15,18,20,25H,5-6,10,12-14,16-17H2,1-2H3,(H,27,29)/t18-,20+,25+/m1/s1. The Morgan fingerprint density at radius 1 is 1.35 bits per heavy atom. The average Bonchev–Trinajstić information content (AvgIpc) is 3.16. The van der Waals surface area contributed by atoms with Gasteiger partial charge in [0.2, 0.25) is 5.91 Å². The minimum Gasteiger partial charge on any atom is -0.490 e. The second kappa shape index (κ2) is 10.2. The van der Waals surface area contributed by atoms with Crippen molar-refractivity contribution in [3.63, 3.8) is 0 Å². The number of likely N-dealkylation sites (tertiary alicyclic amines) is 1. The number of aromatic nitrogens is 1. The van der Waals surface area contributed by atoms with Crippen LogP contribution in [0.15, 0.2) is 42.6 Å². The summed E-state index contributed by atoms with van der Waals surface area (Å²) in [4.78, 5) is 19.6. The molecular weight excluding hydrogens is 390 g/mol. The molecule has 1 fully saturated rings. The van der Waals surface area contributed by atoms with E-state index >= 15 is 0 Å². The van der Waals surface area contributed by atoms with Gasteiger partial charge in [-0.1, -0.05) is 18.2 Å². The number of carbonyl (C=O) groups is 1. The maximum atomic E-state index is 12.5. The van der Waals surface area contributed by atoms with Crippen molar-refractivity contribution in [1.29, 1.82) is 0 Å². The quantitative estimate of drug-likeness (QED) is 0.704. The lowest BCUT2D eigenvalue weighted by Crippen LogP contribution is -2.43. The summed E-state index contributed by atoms with van der Waals surface area (Å²) < 4.78 is 10.9. The summed E-state index contributed by atoms with van der Waals surface area (Å²) in [5, 5.41) is 3.24. The van der Waals surface area contributed by atoms with Gasteiger partial charge >= 0.3 is 0 Å². The molecule has 0 spiro atoms. The Morgan fingerprint density at radius 3 is 3.06 bits per heavy atom. The van der Waals surface area contributed by atoms with Crippen molar-refractivity contribution in [2.45, 2.75) is 51.3 Å². The van der Waals surface area contributed by atoms with Gasteiger partial charge < -0.3 is 14.8 Å². The number of piperidine rings is 1. The summed E-state index contributed by atoms with van der Waals surface area (Å²) in [7, 11) is 1.62. The first-order valence-electron chi connectivity index (χ1n) is 11.3. The Labute approximate surface area is 185 Å². The van der Waals surface area contributed by atoms with Crippen LogP contribution in [0, 0.1) is 5.92 Å². The molecule has 6 heteroatoms. The van der Waals surface area contributed by atoms with Crippen LogP contribution >= 0.6 is 0 Å². The largest absolute Gasteiger partial charge is 0.490 e. The summed E-state index contributed by atoms with van der Waals surface area (Å²) in [6.45, 7) is 5.49. The third-order valence-electron chi connectivity index (χ3n) is 6.24. The van der Waals surface area contributed by atoms with Crippen LogP contribution in [0.25, 0.3) is 0 Å². The smallest absolute Gasteiger partial charge is 0.222 e. The first-order valence-corrected chi connectivity index (χ1v) is 11.3. The van der Waals surface area contributed by atoms with Crippen LogP contribution in [-0.2, 0) is 22.5 Å². The van der Waals surface area contributed by atoms with Crippen molar-refractivity contribution in [2.75, 3.05) is 26.8 Å². The minimum atomic E-state index is -0.0809. The Bertz CT molecular complexity index is 874. The second-order valence-electron chi connectivity index (χ2n) is 8.75. The van der Waals surface area contributed by atoms with Gasteiger partial charge in [0, 0.05) is 39.2 Å². The van der Waals surface area contributed by atoms with Crippen LogP contribution in [0.4, 0.5) is 0 Å². The molecule has 166 valence electrons. The molecule has 1 amide bonds. The zero-order chi connectivity index (χ0) is 21.6. The van der Waals surface area contributed by atoms with E-state index in [0.29, 0.717) is 18.9 Å². The Balaban J connectivity index is 1.44. The van der Waals surface area contributed by atoms with Crippen LogP contribution in [-0.4, -0.2) is 48.7 Å². The molecule has 1 aromatic heterocycles. The van der Waals surface area contributed by atoms with E-state index in [4.69, 9.17) is 9.47 Å². The SMILES string of the molecule is COCCC(=O)N[C@H](c1ccccn1)[C@H]1CCCN(Cc2ccc3c(c2)C[C@@H](C)O3)C1. The predicted molar refractivity (Wildman–Crippen MR) is 120 cm³/mol. The molecule has 3 atom stereocenters. The van der Waals surface area contributed by atoms with Crippen molar-refractivity contribution in [2.24, 2.45) is 5.92 Å². The zero-order valence-corrected chi connectivity index (χ0v) is 18.5. The van der Waals surface area contributed by atoms with Gasteiger partial charge in [-0.2, -0.15) is 0 Å². The van der Waals surface area contributed by atoms with Crippen LogP contribution in [0.1, 0.15) is 49.0 Å². The maximum Gasteiger partial charge on any atom is 0.222 e. The van der Waals surface area contributed by atoms with E-state index < -0.39 is 0 Å². The van der Waals surface area contributed by atoms with E-state index in [1.807, 2.05) is 18.2 Å². The number of fused-ring (bicyclic) bond motifs is 1. The number of ether oxygens (including phenoxy) is 2. The lowest BCUT2D eigenvalue weighted by Gasteiger charge is -2.37. The van der Waals surface area contributed by atoms with E-state index in [9.17, 15) is 4.79 Å². The number of benzene rings is 1. The minimum absolute atomic E-state index is 0.0161. The summed E-state index contributed by atoms with van der Waals surface area (Å²) >= 11 is 0. The molecular formula is C25H33N3O3. The maximum absolute atomic E-state index is 12.5. The van der Waals surface area contributed by atoms with Gasteiger partial charge in [0.1, 0.15) is 11.9 Å². The van der Waals surface area contributed by atoms with Gasteiger partial charge in [0.25, 0.3) is 0 Å². The fourth-order valence-electron chi connectivity index (χ4n) is 4.77. The third kappa shape index (κ3) is 5.63. The molecule has 0 saturated carbocycles. The molecule has 1 N–H and O–H groups in total. The van der Waals surface area contributed by atoms with E-state index in [0.717, 1.165) is 50.3 Å². The fraction of sp³-hybridized carbons (Fsp3) is 0.520. The summed E-state index contributed by atoms with van der Waals surface area (Å²) in [5.74, 6) is 1.37. The molecule has 4 rings (SSSR count). The number of hydrogen-bond donors (Lipinski definition) is 1. The molecule has 6 nitrogen and oxygen atoms in total. The van der Waals surface area contributed by atoms with Crippen molar-refractivity contribution in [1.82, 2.24) is 15.2 Å². The van der Waals surface area contributed by atoms with Crippen molar-refractivity contribution < 1.29 is 14.3 Å². The third-order valence-corrected chi connectivity index (χ3v) is 6.24. The molecule has 0 bridgehead atoms. The number of nitrogens with one attached hydrogen (secondary N) is 1. The number of hydrogen-bond acceptors (Lipinski definition) is 5. The van der Waals surface area contributed by atoms with Gasteiger partial charge in [0.05, 0.1) is 18.3 Å². The van der Waals surface area contributed by atoms with Crippen LogP contribution in [0.2, 0.25) is 0 Å². The molecule has 1 aromatic carbocycles. The van der Waals surface area contributed by atoms with Crippen molar-refractivity contribution in [3.05, 3.63) is 59.4 Å². The van der Waals surface area contributed by atoms with Gasteiger partial charge in [-0.3, -0.25) is 14.7 Å². The van der Waals surface area contributed by atoms with Crippen molar-refractivity contribution >= 4 is 5.91 Å². The van der Waals surface area contributed by atoms with Crippen LogP contribution < -0.4 is 10.1 Å². The molecule has 2 aliphatic heterocycles. The summed E-state index contributed by atoms with van der Waals surface area (Å²) in [6, 6.07) is 12.4. The lowest BCUT2D eigenvalue weighted by molar-refractivity contribution is -0.123. The van der Waals surface area contributed by atoms with Gasteiger partial charge in [-0.15, -0.1) is 0 Å². The first-order chi connectivity index (χ1) is 15.1. The number of methoxy groups -OCH3 is 1. The number of carbonyl (C=O) groups excluding carboxylic acids is 1. The fourth-order valence-corrected chi connectivity index (χ4v) is 4.77. The number of nitrogens with zero attached hydrogens (tertiary/aromatic N) is 2. The first kappa shape index (κ1) is 21.8. The molecule has 31 heavy (non-hydrogen) atoms. The molecule has 2 aromatic rings. The zero-order valence-electron chi connectivity index (χ0n) is 18.5. The number of amides is 1. The van der Waals surface area contributed by atoms with Crippen LogP contribution in [0.3, 0.4) is 0 Å². The lowest BCUT2D eigenvalue weighted by atomic mass is 9.88. The molecule has 0 aliphatic carbocycles. The highest BCUT2D eigenvalue weighted by Gasteiger charge is 2.30. The number of rotatable bonds is 8. The van der Waals surface area contributed by atoms with Gasteiger partial charge in [-0.25, -0.2) is 0 Å². The van der Waals surface area contributed by atoms with Gasteiger partial charge in [0.15, 0.2) is 0 Å². The molecule has 0 unspecified atom stereocenters. The molecule has 1 saturated heterocycles. The van der Waals surface area contributed by atoms with Gasteiger partial charge in [-0.05, 0) is 61.6 Å². The van der Waals surface area contributed by atoms with Crippen LogP contribution in [0.5, 0.6) is 5.75 Å². The Hall–Kier alpha value is -2.44. The summed E-state index contributed by atoms with van der Waals surface area (Å²) in [6.07, 6.45) is 5.63. The van der Waals surface area contributed by atoms with E-state index in [2.05, 4.69) is 40.3 Å². The Kier molecular flexibility index (Phi) is 7.20. The van der Waals surface area contributed by atoms with E-state index in [1.54, 1.807) is 13.3 Å². The van der Waals surface area contributed by atoms with E-state index in [1.165, 1.54) is 11.1 Å². The highest BCUT2D eigenvalue weighted by Crippen LogP contribution is 2.32. The number of pyridine rings is 1. The Morgan fingerprint density at radius 2 is 2.26 bits per heavy atom. The topological polar surface area (TPSA) is 63.7 Å². The average molecular weight is 424 g/mol. The highest BCUT2D eigenvalue weighted by atomic mass is 16.5. The predicted octanol–water partition coefficient (Wildman–Crippen LogP) is 3.51.